The quantitative estimate of drug-likeness (QED) is 0.523. The first-order chi connectivity index (χ1) is 10.1. The van der Waals surface area contributed by atoms with Crippen LogP contribution in [0, 0.1) is 10.1 Å². The maximum atomic E-state index is 10.8. The third-order valence-corrected chi connectivity index (χ3v) is 4.46. The van der Waals surface area contributed by atoms with Gasteiger partial charge in [0.2, 0.25) is 0 Å². The lowest BCUT2D eigenvalue weighted by atomic mass is 10.1. The van der Waals surface area contributed by atoms with Crippen molar-refractivity contribution < 1.29 is 4.92 Å². The zero-order valence-electron chi connectivity index (χ0n) is 11.3. The molecule has 2 aromatic rings. The van der Waals surface area contributed by atoms with E-state index in [9.17, 15) is 10.1 Å². The maximum absolute atomic E-state index is 10.8. The van der Waals surface area contributed by atoms with Gasteiger partial charge in [0.25, 0.3) is 5.69 Å². The molecule has 0 unspecified atom stereocenters. The van der Waals surface area contributed by atoms with Gasteiger partial charge in [-0.15, -0.1) is 0 Å². The smallest absolute Gasteiger partial charge is 0.270 e. The van der Waals surface area contributed by atoms with E-state index in [0.29, 0.717) is 6.54 Å². The molecule has 0 fully saturated rings. The minimum Gasteiger partial charge on any atom is -0.397 e. The van der Waals surface area contributed by atoms with Crippen LogP contribution in [0.3, 0.4) is 0 Å². The Morgan fingerprint density at radius 1 is 1.33 bits per heavy atom. The number of hydrogen-bond donors (Lipinski definition) is 1. The second-order valence-corrected chi connectivity index (χ2v) is 5.91. The van der Waals surface area contributed by atoms with Crippen molar-refractivity contribution in [2.45, 2.75) is 13.0 Å². The molecule has 0 atom stereocenters. The Bertz CT molecular complexity index is 718. The van der Waals surface area contributed by atoms with Gasteiger partial charge in [0.15, 0.2) is 0 Å². The van der Waals surface area contributed by atoms with Crippen molar-refractivity contribution in [3.63, 3.8) is 0 Å². The molecule has 0 radical (unpaired) electrons. The predicted octanol–water partition coefficient (Wildman–Crippen LogP) is 3.50. The Kier molecular flexibility index (Phi) is 3.55. The third kappa shape index (κ3) is 2.58. The number of nitrogens with zero attached hydrogens (tertiary/aromatic N) is 2. The molecule has 6 heteroatoms. The fourth-order valence-corrected chi connectivity index (χ4v) is 3.20. The van der Waals surface area contributed by atoms with Crippen LogP contribution in [-0.2, 0) is 13.0 Å². The Labute approximate surface area is 130 Å². The van der Waals surface area contributed by atoms with Crippen molar-refractivity contribution in [3.05, 3.63) is 62.1 Å². The molecular weight excluding hydrogens is 334 g/mol. The van der Waals surface area contributed by atoms with Crippen molar-refractivity contribution >= 4 is 33.0 Å². The Balaban J connectivity index is 1.88. The summed E-state index contributed by atoms with van der Waals surface area (Å²) in [6, 6.07) is 10.8. The van der Waals surface area contributed by atoms with E-state index in [2.05, 4.69) is 26.9 Å². The Morgan fingerprint density at radius 3 is 2.86 bits per heavy atom. The van der Waals surface area contributed by atoms with E-state index in [1.165, 1.54) is 11.6 Å². The topological polar surface area (TPSA) is 72.4 Å². The van der Waals surface area contributed by atoms with Gasteiger partial charge in [-0.25, -0.2) is 0 Å². The second kappa shape index (κ2) is 5.37. The summed E-state index contributed by atoms with van der Waals surface area (Å²) in [7, 11) is 0. The van der Waals surface area contributed by atoms with Crippen LogP contribution >= 0.6 is 15.9 Å². The normalized spacial score (nSPS) is 13.3. The first-order valence-electron chi connectivity index (χ1n) is 6.61. The average Bonchev–Trinajstić information content (AvgIpc) is 2.85. The van der Waals surface area contributed by atoms with Gasteiger partial charge in [-0.2, -0.15) is 0 Å². The molecule has 0 aliphatic carbocycles. The molecule has 1 aliphatic heterocycles. The zero-order chi connectivity index (χ0) is 15.0. The van der Waals surface area contributed by atoms with Crippen LogP contribution in [0.4, 0.5) is 17.1 Å². The molecule has 3 rings (SSSR count). The number of fused-ring (bicyclic) bond motifs is 1. The van der Waals surface area contributed by atoms with E-state index in [1.807, 2.05) is 12.1 Å². The predicted molar refractivity (Wildman–Crippen MR) is 86.4 cm³/mol. The molecule has 5 nitrogen and oxygen atoms in total. The lowest BCUT2D eigenvalue weighted by Crippen LogP contribution is -2.20. The van der Waals surface area contributed by atoms with Gasteiger partial charge in [0, 0.05) is 29.7 Å². The Morgan fingerprint density at radius 2 is 2.14 bits per heavy atom. The van der Waals surface area contributed by atoms with Crippen molar-refractivity contribution in [1.29, 1.82) is 0 Å². The van der Waals surface area contributed by atoms with Crippen LogP contribution in [0.5, 0.6) is 0 Å². The van der Waals surface area contributed by atoms with Crippen LogP contribution in [0.2, 0.25) is 0 Å². The van der Waals surface area contributed by atoms with Gasteiger partial charge in [-0.1, -0.05) is 28.1 Å². The molecule has 1 heterocycles. The average molecular weight is 348 g/mol. The lowest BCUT2D eigenvalue weighted by Gasteiger charge is -2.21. The van der Waals surface area contributed by atoms with Gasteiger partial charge >= 0.3 is 0 Å². The van der Waals surface area contributed by atoms with Crippen molar-refractivity contribution in [1.82, 2.24) is 0 Å². The fourth-order valence-electron chi connectivity index (χ4n) is 2.71. The first-order valence-corrected chi connectivity index (χ1v) is 7.40. The molecule has 0 aromatic heterocycles. The van der Waals surface area contributed by atoms with Crippen molar-refractivity contribution in [2.75, 3.05) is 17.2 Å². The molecule has 1 aliphatic rings. The summed E-state index contributed by atoms with van der Waals surface area (Å²) < 4.78 is 0.750. The summed E-state index contributed by atoms with van der Waals surface area (Å²) in [6.07, 6.45) is 0.977. The highest BCUT2D eigenvalue weighted by Gasteiger charge is 2.22. The number of benzene rings is 2. The first kappa shape index (κ1) is 13.9. The van der Waals surface area contributed by atoms with Crippen molar-refractivity contribution in [2.24, 2.45) is 0 Å². The fraction of sp³-hybridized carbons (Fsp3) is 0.200. The molecule has 21 heavy (non-hydrogen) atoms. The van der Waals surface area contributed by atoms with E-state index in [4.69, 9.17) is 5.73 Å². The van der Waals surface area contributed by atoms with Crippen LogP contribution in [0.25, 0.3) is 0 Å². The molecular formula is C15H14BrN3O2. The van der Waals surface area contributed by atoms with Crippen LogP contribution < -0.4 is 10.6 Å². The highest BCUT2D eigenvalue weighted by atomic mass is 79.9. The van der Waals surface area contributed by atoms with Gasteiger partial charge < -0.3 is 10.6 Å². The molecule has 0 saturated carbocycles. The summed E-state index contributed by atoms with van der Waals surface area (Å²) >= 11 is 3.42. The molecule has 0 saturated heterocycles. The number of nitrogen functional groups attached to an aromatic ring is 1. The summed E-state index contributed by atoms with van der Waals surface area (Å²) in [6.45, 7) is 1.59. The van der Waals surface area contributed by atoms with Crippen molar-refractivity contribution in [3.8, 4) is 0 Å². The highest BCUT2D eigenvalue weighted by molar-refractivity contribution is 9.10. The molecule has 108 valence electrons. The molecule has 0 amide bonds. The minimum atomic E-state index is -0.391. The lowest BCUT2D eigenvalue weighted by molar-refractivity contribution is -0.384. The largest absolute Gasteiger partial charge is 0.397 e. The Hall–Kier alpha value is -2.08. The van der Waals surface area contributed by atoms with Crippen LogP contribution in [-0.4, -0.2) is 11.5 Å². The standard InChI is InChI=1S/C15H14BrN3O2/c16-13-8-12(19(20)21)5-4-11(13)9-18-7-6-10-2-1-3-14(17)15(10)18/h1-5,8H,6-7,9,17H2. The van der Waals surface area contributed by atoms with Gasteiger partial charge in [0.1, 0.15) is 0 Å². The number of hydrogen-bond acceptors (Lipinski definition) is 4. The van der Waals surface area contributed by atoms with E-state index in [0.717, 1.165) is 34.4 Å². The maximum Gasteiger partial charge on any atom is 0.270 e. The van der Waals surface area contributed by atoms with Gasteiger partial charge in [-0.3, -0.25) is 10.1 Å². The monoisotopic (exact) mass is 347 g/mol. The van der Waals surface area contributed by atoms with Gasteiger partial charge in [-0.05, 0) is 29.7 Å². The zero-order valence-corrected chi connectivity index (χ0v) is 12.8. The number of rotatable bonds is 3. The second-order valence-electron chi connectivity index (χ2n) is 5.06. The molecule has 2 N–H and O–H groups in total. The van der Waals surface area contributed by atoms with Crippen LogP contribution in [0.15, 0.2) is 40.9 Å². The molecule has 2 aromatic carbocycles. The number of halogens is 1. The summed E-state index contributed by atoms with van der Waals surface area (Å²) in [5.41, 5.74) is 10.3. The minimum absolute atomic E-state index is 0.0898. The number of para-hydroxylation sites is 1. The van der Waals surface area contributed by atoms with Gasteiger partial charge in [0.05, 0.1) is 16.3 Å². The number of anilines is 2. The number of nitro benzene ring substituents is 1. The van der Waals surface area contributed by atoms with E-state index in [1.54, 1.807) is 12.1 Å². The number of non-ortho nitro benzene ring substituents is 1. The summed E-state index contributed by atoms with van der Waals surface area (Å²) in [5.74, 6) is 0. The van der Waals surface area contributed by atoms with E-state index >= 15 is 0 Å². The number of nitro groups is 1. The number of nitrogens with two attached hydrogens (primary N) is 1. The van der Waals surface area contributed by atoms with E-state index < -0.39 is 4.92 Å². The van der Waals surface area contributed by atoms with E-state index in [-0.39, 0.29) is 5.69 Å². The summed E-state index contributed by atoms with van der Waals surface area (Å²) in [5, 5.41) is 10.8. The third-order valence-electron chi connectivity index (χ3n) is 3.73. The highest BCUT2D eigenvalue weighted by Crippen LogP contribution is 2.35. The summed E-state index contributed by atoms with van der Waals surface area (Å²) in [4.78, 5) is 12.6. The van der Waals surface area contributed by atoms with Crippen LogP contribution in [0.1, 0.15) is 11.1 Å². The SMILES string of the molecule is Nc1cccc2c1N(Cc1ccc([N+](=O)[O-])cc1Br)CC2. The molecule has 0 spiro atoms. The molecule has 0 bridgehead atoms.